The van der Waals surface area contributed by atoms with Crippen LogP contribution in [0.5, 0.6) is 0 Å². The van der Waals surface area contributed by atoms with Crippen molar-refractivity contribution in [3.8, 4) is 0 Å². The van der Waals surface area contributed by atoms with E-state index in [4.69, 9.17) is 27.9 Å². The molecule has 9 heteroatoms. The lowest BCUT2D eigenvalue weighted by Gasteiger charge is -2.13. The van der Waals surface area contributed by atoms with Crippen molar-refractivity contribution in [3.63, 3.8) is 0 Å². The first-order chi connectivity index (χ1) is 12.8. The molecule has 0 aromatic heterocycles. The minimum Gasteiger partial charge on any atom is -0.376 e. The van der Waals surface area contributed by atoms with Gasteiger partial charge in [0.1, 0.15) is 0 Å². The average Bonchev–Trinajstić information content (AvgIpc) is 3.13. The molecular weight excluding hydrogens is 411 g/mol. The molecule has 0 aliphatic carbocycles. The summed E-state index contributed by atoms with van der Waals surface area (Å²) in [6, 6.07) is 10.1. The van der Waals surface area contributed by atoms with Gasteiger partial charge in [0.25, 0.3) is 15.9 Å². The van der Waals surface area contributed by atoms with Crippen LogP contribution >= 0.6 is 23.2 Å². The maximum Gasteiger partial charge on any atom is 0.261 e. The summed E-state index contributed by atoms with van der Waals surface area (Å²) in [5, 5.41) is 3.37. The molecule has 6 nitrogen and oxygen atoms in total. The van der Waals surface area contributed by atoms with Crippen molar-refractivity contribution >= 4 is 44.8 Å². The van der Waals surface area contributed by atoms with Crippen molar-refractivity contribution in [2.75, 3.05) is 17.9 Å². The molecule has 2 N–H and O–H groups in total. The Balaban J connectivity index is 1.68. The molecule has 2 aromatic carbocycles. The van der Waals surface area contributed by atoms with Crippen LogP contribution in [-0.2, 0) is 14.8 Å². The second-order valence-corrected chi connectivity index (χ2v) is 8.63. The van der Waals surface area contributed by atoms with Gasteiger partial charge in [0.2, 0.25) is 0 Å². The number of carbonyl (C=O) groups is 1. The van der Waals surface area contributed by atoms with Crippen molar-refractivity contribution < 1.29 is 17.9 Å². The zero-order valence-corrected chi connectivity index (χ0v) is 16.6. The summed E-state index contributed by atoms with van der Waals surface area (Å²) in [4.78, 5) is 12.3. The van der Waals surface area contributed by atoms with Crippen LogP contribution in [0.3, 0.4) is 0 Å². The van der Waals surface area contributed by atoms with Gasteiger partial charge in [-0.25, -0.2) is 8.42 Å². The SMILES string of the molecule is O=C(NC[C@@H]1CCCO1)c1ccc(NS(=O)(=O)c2ccc(Cl)cc2)cc1Cl. The number of hydrogen-bond acceptors (Lipinski definition) is 4. The van der Waals surface area contributed by atoms with Gasteiger partial charge in [0.05, 0.1) is 27.3 Å². The first-order valence-electron chi connectivity index (χ1n) is 8.33. The van der Waals surface area contributed by atoms with E-state index in [0.29, 0.717) is 18.2 Å². The Morgan fingerprint density at radius 1 is 1.15 bits per heavy atom. The van der Waals surface area contributed by atoms with Gasteiger partial charge in [-0.15, -0.1) is 0 Å². The van der Waals surface area contributed by atoms with Gasteiger partial charge in [0, 0.05) is 18.2 Å². The fraction of sp³-hybridized carbons (Fsp3) is 0.278. The molecule has 0 spiro atoms. The number of benzene rings is 2. The van der Waals surface area contributed by atoms with E-state index in [9.17, 15) is 13.2 Å². The molecule has 144 valence electrons. The molecule has 3 rings (SSSR count). The highest BCUT2D eigenvalue weighted by Crippen LogP contribution is 2.24. The van der Waals surface area contributed by atoms with Crippen LogP contribution in [0.15, 0.2) is 47.4 Å². The highest BCUT2D eigenvalue weighted by Gasteiger charge is 2.19. The third-order valence-corrected chi connectivity index (χ3v) is 6.07. The molecule has 1 amide bonds. The predicted molar refractivity (Wildman–Crippen MR) is 105 cm³/mol. The van der Waals surface area contributed by atoms with Crippen LogP contribution in [0.4, 0.5) is 5.69 Å². The van der Waals surface area contributed by atoms with Gasteiger partial charge in [-0.3, -0.25) is 9.52 Å². The van der Waals surface area contributed by atoms with Crippen molar-refractivity contribution in [1.29, 1.82) is 0 Å². The van der Waals surface area contributed by atoms with Crippen LogP contribution in [0.1, 0.15) is 23.2 Å². The molecule has 0 radical (unpaired) electrons. The lowest BCUT2D eigenvalue weighted by molar-refractivity contribution is 0.0858. The summed E-state index contributed by atoms with van der Waals surface area (Å²) < 4.78 is 32.7. The minimum atomic E-state index is -3.79. The summed E-state index contributed by atoms with van der Waals surface area (Å²) >= 11 is 11.9. The minimum absolute atomic E-state index is 0.0261. The molecule has 0 bridgehead atoms. The third kappa shape index (κ3) is 5.13. The number of carbonyl (C=O) groups excluding carboxylic acids is 1. The molecule has 2 aromatic rings. The Labute approximate surface area is 167 Å². The van der Waals surface area contributed by atoms with Gasteiger partial charge >= 0.3 is 0 Å². The number of hydrogen-bond donors (Lipinski definition) is 2. The molecule has 27 heavy (non-hydrogen) atoms. The van der Waals surface area contributed by atoms with Crippen molar-refractivity contribution in [2.24, 2.45) is 0 Å². The van der Waals surface area contributed by atoms with Gasteiger partial charge in [-0.05, 0) is 55.3 Å². The molecule has 1 aliphatic heterocycles. The topological polar surface area (TPSA) is 84.5 Å². The smallest absolute Gasteiger partial charge is 0.261 e. The van der Waals surface area contributed by atoms with E-state index in [1.165, 1.54) is 42.5 Å². The lowest BCUT2D eigenvalue weighted by Crippen LogP contribution is -2.31. The Bertz CT molecular complexity index is 927. The van der Waals surface area contributed by atoms with Crippen LogP contribution < -0.4 is 10.0 Å². The molecule has 0 unspecified atom stereocenters. The van der Waals surface area contributed by atoms with Crippen LogP contribution in [0.2, 0.25) is 10.0 Å². The zero-order chi connectivity index (χ0) is 19.4. The summed E-state index contributed by atoms with van der Waals surface area (Å²) in [5.41, 5.74) is 0.523. The molecule has 1 aliphatic rings. The van der Waals surface area contributed by atoms with E-state index in [1.54, 1.807) is 0 Å². The van der Waals surface area contributed by atoms with E-state index in [1.807, 2.05) is 0 Å². The fourth-order valence-electron chi connectivity index (χ4n) is 2.70. The second-order valence-electron chi connectivity index (χ2n) is 6.10. The molecule has 1 heterocycles. The first kappa shape index (κ1) is 19.9. The summed E-state index contributed by atoms with van der Waals surface area (Å²) in [5.74, 6) is -0.331. The van der Waals surface area contributed by atoms with Gasteiger partial charge in [-0.2, -0.15) is 0 Å². The number of sulfonamides is 1. The van der Waals surface area contributed by atoms with Gasteiger partial charge < -0.3 is 10.1 Å². The number of amides is 1. The van der Waals surface area contributed by atoms with Crippen molar-refractivity contribution in [2.45, 2.75) is 23.8 Å². The Morgan fingerprint density at radius 3 is 2.52 bits per heavy atom. The molecular formula is C18H18Cl2N2O4S. The quantitative estimate of drug-likeness (QED) is 0.734. The van der Waals surface area contributed by atoms with E-state index < -0.39 is 10.0 Å². The normalized spacial score (nSPS) is 16.9. The molecule has 1 saturated heterocycles. The number of rotatable bonds is 6. The molecule has 1 atom stereocenters. The van der Waals surface area contributed by atoms with Crippen molar-refractivity contribution in [1.82, 2.24) is 5.32 Å². The van der Waals surface area contributed by atoms with Crippen molar-refractivity contribution in [3.05, 3.63) is 58.1 Å². The summed E-state index contributed by atoms with van der Waals surface area (Å²) in [7, 11) is -3.79. The number of nitrogens with one attached hydrogen (secondary N) is 2. The van der Waals surface area contributed by atoms with Crippen LogP contribution in [-0.4, -0.2) is 33.6 Å². The number of anilines is 1. The Hall–Kier alpha value is -1.80. The highest BCUT2D eigenvalue weighted by molar-refractivity contribution is 7.92. The maximum atomic E-state index is 12.4. The second kappa shape index (κ2) is 8.48. The van der Waals surface area contributed by atoms with Crippen LogP contribution in [0.25, 0.3) is 0 Å². The van der Waals surface area contributed by atoms with E-state index >= 15 is 0 Å². The van der Waals surface area contributed by atoms with Crippen LogP contribution in [0, 0.1) is 0 Å². The standard InChI is InChI=1S/C18H18Cl2N2O4S/c19-12-3-6-15(7-4-12)27(24,25)22-13-5-8-16(17(20)10-13)18(23)21-11-14-2-1-9-26-14/h3-8,10,14,22H,1-2,9,11H2,(H,21,23)/t14-/m0/s1. The summed E-state index contributed by atoms with van der Waals surface area (Å²) in [6.45, 7) is 1.13. The van der Waals surface area contributed by atoms with Gasteiger partial charge in [0.15, 0.2) is 0 Å². The lowest BCUT2D eigenvalue weighted by atomic mass is 10.2. The largest absolute Gasteiger partial charge is 0.376 e. The zero-order valence-electron chi connectivity index (χ0n) is 14.2. The average molecular weight is 429 g/mol. The van der Waals surface area contributed by atoms with E-state index in [-0.39, 0.29) is 33.2 Å². The van der Waals surface area contributed by atoms with E-state index in [0.717, 1.165) is 12.8 Å². The predicted octanol–water partition coefficient (Wildman–Crippen LogP) is 3.70. The monoisotopic (exact) mass is 428 g/mol. The molecule has 1 fully saturated rings. The first-order valence-corrected chi connectivity index (χ1v) is 10.6. The maximum absolute atomic E-state index is 12.4. The Kier molecular flexibility index (Phi) is 6.26. The summed E-state index contributed by atoms with van der Waals surface area (Å²) in [6.07, 6.45) is 1.93. The number of halogens is 2. The fourth-order valence-corrected chi connectivity index (χ4v) is 4.14. The van der Waals surface area contributed by atoms with E-state index in [2.05, 4.69) is 10.0 Å². The number of ether oxygens (including phenoxy) is 1. The third-order valence-electron chi connectivity index (χ3n) is 4.10. The highest BCUT2D eigenvalue weighted by atomic mass is 35.5. The molecule has 0 saturated carbocycles. The van der Waals surface area contributed by atoms with Gasteiger partial charge in [-0.1, -0.05) is 23.2 Å². The Morgan fingerprint density at radius 2 is 1.89 bits per heavy atom.